The van der Waals surface area contributed by atoms with Gasteiger partial charge in [-0.05, 0) is 25.0 Å². The molecule has 0 spiro atoms. The number of pyridine rings is 1. The molecule has 0 fully saturated rings. The lowest BCUT2D eigenvalue weighted by Crippen LogP contribution is -1.89. The Morgan fingerprint density at radius 3 is 2.47 bits per heavy atom. The first-order chi connectivity index (χ1) is 6.84. The summed E-state index contributed by atoms with van der Waals surface area (Å²) >= 11 is 0. The summed E-state index contributed by atoms with van der Waals surface area (Å²) < 4.78 is 31.6. The third-order valence-corrected chi connectivity index (χ3v) is 1.48. The number of hydrogen-bond donors (Lipinski definition) is 2. The van der Waals surface area contributed by atoms with Crippen LogP contribution in [0.5, 0.6) is 0 Å². The van der Waals surface area contributed by atoms with Crippen LogP contribution in [0.2, 0.25) is 0 Å². The predicted molar refractivity (Wildman–Crippen MR) is 57.1 cm³/mol. The maximum Gasteiger partial charge on any atom is 0.394 e. The molecule has 1 heterocycles. The minimum Gasteiger partial charge on any atom is -0.264 e. The Kier molecular flexibility index (Phi) is 5.76. The van der Waals surface area contributed by atoms with Gasteiger partial charge in [0.05, 0.1) is 0 Å². The van der Waals surface area contributed by atoms with Crippen molar-refractivity contribution in [1.29, 1.82) is 0 Å². The van der Waals surface area contributed by atoms with E-state index in [-0.39, 0.29) is 0 Å². The molecule has 0 aliphatic carbocycles. The van der Waals surface area contributed by atoms with E-state index in [1.54, 1.807) is 0 Å². The topological polar surface area (TPSA) is 87.5 Å². The number of hydrogen-bond acceptors (Lipinski definition) is 3. The van der Waals surface area contributed by atoms with E-state index in [2.05, 4.69) is 17.6 Å². The van der Waals surface area contributed by atoms with Gasteiger partial charge in [0.1, 0.15) is 0 Å². The van der Waals surface area contributed by atoms with E-state index < -0.39 is 10.4 Å². The minimum atomic E-state index is -4.67. The maximum absolute atomic E-state index is 8.74. The van der Waals surface area contributed by atoms with E-state index >= 15 is 0 Å². The van der Waals surface area contributed by atoms with Crippen molar-refractivity contribution in [2.45, 2.75) is 13.3 Å². The fourth-order valence-corrected chi connectivity index (χ4v) is 0.889. The molecule has 15 heavy (non-hydrogen) atoms. The molecular formula is C9H13NO4S. The first kappa shape index (κ1) is 13.8. The Bertz CT molecular complexity index is 406. The third-order valence-electron chi connectivity index (χ3n) is 1.48. The van der Waals surface area contributed by atoms with Gasteiger partial charge < -0.3 is 0 Å². The molecule has 2 N–H and O–H groups in total. The van der Waals surface area contributed by atoms with Crippen LogP contribution < -0.4 is 0 Å². The number of allylic oxidation sites excluding steroid dienone is 1. The van der Waals surface area contributed by atoms with Crippen molar-refractivity contribution in [3.05, 3.63) is 42.2 Å². The summed E-state index contributed by atoms with van der Waals surface area (Å²) in [6, 6.07) is 4.02. The molecule has 0 bridgehead atoms. The van der Waals surface area contributed by atoms with Gasteiger partial charge in [-0.3, -0.25) is 14.1 Å². The lowest BCUT2D eigenvalue weighted by Gasteiger charge is -1.98. The highest BCUT2D eigenvalue weighted by molar-refractivity contribution is 7.79. The molecule has 0 aliphatic heterocycles. The molecule has 1 aromatic heterocycles. The second-order valence-electron chi connectivity index (χ2n) is 2.69. The number of rotatable bonds is 2. The fourth-order valence-electron chi connectivity index (χ4n) is 0.889. The van der Waals surface area contributed by atoms with Crippen molar-refractivity contribution in [1.82, 2.24) is 4.98 Å². The summed E-state index contributed by atoms with van der Waals surface area (Å²) in [5.41, 5.74) is 2.36. The van der Waals surface area contributed by atoms with Crippen LogP contribution in [0.25, 0.3) is 0 Å². The molecule has 0 unspecified atom stereocenters. The van der Waals surface area contributed by atoms with Gasteiger partial charge in [0.15, 0.2) is 0 Å². The van der Waals surface area contributed by atoms with Gasteiger partial charge in [-0.25, -0.2) is 0 Å². The van der Waals surface area contributed by atoms with E-state index in [9.17, 15) is 0 Å². The quantitative estimate of drug-likeness (QED) is 0.594. The third kappa shape index (κ3) is 9.07. The van der Waals surface area contributed by atoms with Crippen LogP contribution in [0, 0.1) is 6.92 Å². The standard InChI is InChI=1S/C9H11N.H2O4S/c1-3-5-9-6-4-7-10-8(9)2;1-5(2,3)4/h3-4,6-7H,1,5H2,2H3;(H2,1,2,3,4). The largest absolute Gasteiger partial charge is 0.394 e. The molecule has 0 amide bonds. The first-order valence-corrected chi connectivity index (χ1v) is 5.45. The van der Waals surface area contributed by atoms with Crippen LogP contribution in [0.3, 0.4) is 0 Å². The molecule has 1 rings (SSSR count). The van der Waals surface area contributed by atoms with Gasteiger partial charge >= 0.3 is 10.4 Å². The fraction of sp³-hybridized carbons (Fsp3) is 0.222. The van der Waals surface area contributed by atoms with Crippen LogP contribution >= 0.6 is 0 Å². The summed E-state index contributed by atoms with van der Waals surface area (Å²) in [7, 11) is -4.67. The van der Waals surface area contributed by atoms with Crippen LogP contribution in [0.1, 0.15) is 11.3 Å². The van der Waals surface area contributed by atoms with Crippen LogP contribution in [-0.2, 0) is 16.8 Å². The van der Waals surface area contributed by atoms with Gasteiger partial charge in [-0.15, -0.1) is 6.58 Å². The van der Waals surface area contributed by atoms with E-state index in [4.69, 9.17) is 17.5 Å². The van der Waals surface area contributed by atoms with Gasteiger partial charge in [-0.1, -0.05) is 12.1 Å². The monoisotopic (exact) mass is 231 g/mol. The molecule has 6 heteroatoms. The van der Waals surface area contributed by atoms with E-state index in [0.717, 1.165) is 12.1 Å². The van der Waals surface area contributed by atoms with Crippen molar-refractivity contribution < 1.29 is 17.5 Å². The highest BCUT2D eigenvalue weighted by Crippen LogP contribution is 2.03. The highest BCUT2D eigenvalue weighted by atomic mass is 32.3. The van der Waals surface area contributed by atoms with E-state index in [0.29, 0.717) is 0 Å². The van der Waals surface area contributed by atoms with Crippen LogP contribution in [0.4, 0.5) is 0 Å². The Hall–Kier alpha value is -1.24. The molecule has 1 aromatic rings. The van der Waals surface area contributed by atoms with Crippen molar-refractivity contribution >= 4 is 10.4 Å². The lowest BCUT2D eigenvalue weighted by atomic mass is 10.1. The zero-order valence-corrected chi connectivity index (χ0v) is 9.11. The average Bonchev–Trinajstić information content (AvgIpc) is 2.06. The molecular weight excluding hydrogens is 218 g/mol. The molecule has 0 aromatic carbocycles. The second kappa shape index (κ2) is 6.28. The van der Waals surface area contributed by atoms with Crippen molar-refractivity contribution in [3.63, 3.8) is 0 Å². The number of aromatic nitrogens is 1. The number of aryl methyl sites for hydroxylation is 1. The molecule has 0 saturated carbocycles. The SMILES string of the molecule is C=CCc1cccnc1C.O=S(=O)(O)O. The normalized spacial score (nSPS) is 10.1. The Balaban J connectivity index is 0.000000336. The molecule has 0 radical (unpaired) electrons. The second-order valence-corrected chi connectivity index (χ2v) is 3.58. The van der Waals surface area contributed by atoms with Gasteiger partial charge in [-0.2, -0.15) is 8.42 Å². The minimum absolute atomic E-state index is 0.916. The van der Waals surface area contributed by atoms with Crippen molar-refractivity contribution in [2.75, 3.05) is 0 Å². The van der Waals surface area contributed by atoms with Crippen LogP contribution in [-0.4, -0.2) is 22.5 Å². The predicted octanol–water partition coefficient (Wildman–Crippen LogP) is 1.47. The summed E-state index contributed by atoms with van der Waals surface area (Å²) in [4.78, 5) is 4.15. The van der Waals surface area contributed by atoms with E-state index in [1.807, 2.05) is 25.3 Å². The van der Waals surface area contributed by atoms with E-state index in [1.165, 1.54) is 5.56 Å². The molecule has 5 nitrogen and oxygen atoms in total. The molecule has 0 saturated heterocycles. The zero-order chi connectivity index (χ0) is 11.9. The average molecular weight is 231 g/mol. The highest BCUT2D eigenvalue weighted by Gasteiger charge is 1.92. The zero-order valence-electron chi connectivity index (χ0n) is 8.29. The Labute approximate surface area is 89.1 Å². The summed E-state index contributed by atoms with van der Waals surface area (Å²) in [6.45, 7) is 5.68. The summed E-state index contributed by atoms with van der Waals surface area (Å²) in [5.74, 6) is 0. The molecule has 84 valence electrons. The summed E-state index contributed by atoms with van der Waals surface area (Å²) in [6.07, 6.45) is 4.62. The van der Waals surface area contributed by atoms with Crippen LogP contribution in [0.15, 0.2) is 31.0 Å². The number of nitrogens with zero attached hydrogens (tertiary/aromatic N) is 1. The Morgan fingerprint density at radius 1 is 1.53 bits per heavy atom. The van der Waals surface area contributed by atoms with Gasteiger partial charge in [0, 0.05) is 11.9 Å². The first-order valence-electron chi connectivity index (χ1n) is 4.06. The van der Waals surface area contributed by atoms with Crippen molar-refractivity contribution in [2.24, 2.45) is 0 Å². The molecule has 0 atom stereocenters. The smallest absolute Gasteiger partial charge is 0.264 e. The molecule has 0 aliphatic rings. The van der Waals surface area contributed by atoms with Gasteiger partial charge in [0.2, 0.25) is 0 Å². The Morgan fingerprint density at radius 2 is 2.07 bits per heavy atom. The van der Waals surface area contributed by atoms with Crippen molar-refractivity contribution in [3.8, 4) is 0 Å². The maximum atomic E-state index is 8.74. The summed E-state index contributed by atoms with van der Waals surface area (Å²) in [5, 5.41) is 0. The van der Waals surface area contributed by atoms with Gasteiger partial charge in [0.25, 0.3) is 0 Å². The lowest BCUT2D eigenvalue weighted by molar-refractivity contribution is 0.381.